The molecule has 0 amide bonds. The summed E-state index contributed by atoms with van der Waals surface area (Å²) in [6, 6.07) is 2.04. The van der Waals surface area contributed by atoms with E-state index in [4.69, 9.17) is 4.74 Å². The van der Waals surface area contributed by atoms with E-state index in [9.17, 15) is 9.90 Å². The van der Waals surface area contributed by atoms with Gasteiger partial charge in [0.1, 0.15) is 0 Å². The summed E-state index contributed by atoms with van der Waals surface area (Å²) in [5.41, 5.74) is -0.828. The molecule has 0 radical (unpaired) electrons. The summed E-state index contributed by atoms with van der Waals surface area (Å²) < 4.78 is 6.33. The fraction of sp³-hybridized carbons (Fsp3) is 0.545. The lowest BCUT2D eigenvalue weighted by molar-refractivity contribution is -0.161. The normalized spacial score (nSPS) is 24.8. The van der Waals surface area contributed by atoms with Crippen molar-refractivity contribution in [1.29, 1.82) is 0 Å². The van der Waals surface area contributed by atoms with Crippen LogP contribution in [-0.2, 0) is 14.9 Å². The number of hydrogen-bond acceptors (Lipinski definition) is 3. The molecular formula is C11H11BrO3S. The van der Waals surface area contributed by atoms with Gasteiger partial charge in [-0.3, -0.25) is 4.79 Å². The van der Waals surface area contributed by atoms with Crippen molar-refractivity contribution in [3.8, 4) is 0 Å². The molecule has 1 aliphatic carbocycles. The van der Waals surface area contributed by atoms with E-state index in [1.807, 2.05) is 11.4 Å². The number of hydrogen-bond donors (Lipinski definition) is 1. The van der Waals surface area contributed by atoms with Crippen molar-refractivity contribution in [2.45, 2.75) is 18.3 Å². The maximum atomic E-state index is 11.4. The van der Waals surface area contributed by atoms with E-state index >= 15 is 0 Å². The van der Waals surface area contributed by atoms with E-state index in [0.29, 0.717) is 13.2 Å². The van der Waals surface area contributed by atoms with Gasteiger partial charge in [0, 0.05) is 14.7 Å². The summed E-state index contributed by atoms with van der Waals surface area (Å²) in [6.07, 6.45) is 1.56. The molecule has 2 heterocycles. The first-order valence-corrected chi connectivity index (χ1v) is 6.84. The Morgan fingerprint density at radius 1 is 1.50 bits per heavy atom. The second-order valence-corrected chi connectivity index (χ2v) is 6.42. The van der Waals surface area contributed by atoms with Crippen molar-refractivity contribution < 1.29 is 14.6 Å². The van der Waals surface area contributed by atoms with Crippen LogP contribution in [0.1, 0.15) is 17.7 Å². The molecule has 0 unspecified atom stereocenters. The van der Waals surface area contributed by atoms with Crippen LogP contribution in [0.2, 0.25) is 0 Å². The van der Waals surface area contributed by atoms with Gasteiger partial charge in [-0.1, -0.05) is 0 Å². The van der Waals surface area contributed by atoms with Crippen LogP contribution in [-0.4, -0.2) is 24.3 Å². The molecule has 2 aliphatic rings. The zero-order valence-corrected chi connectivity index (χ0v) is 10.9. The lowest BCUT2D eigenvalue weighted by Gasteiger charge is -2.45. The molecule has 1 aliphatic heterocycles. The number of carboxylic acid groups (broad SMARTS) is 1. The average Bonchev–Trinajstić information content (AvgIpc) is 2.85. The first kappa shape index (κ1) is 10.7. The van der Waals surface area contributed by atoms with E-state index in [-0.39, 0.29) is 5.41 Å². The van der Waals surface area contributed by atoms with Gasteiger partial charge in [0.05, 0.1) is 24.0 Å². The predicted octanol–water partition coefficient (Wildman–Crippen LogP) is 2.64. The number of thiophene rings is 1. The van der Waals surface area contributed by atoms with Crippen molar-refractivity contribution in [3.05, 3.63) is 20.8 Å². The number of rotatable bonds is 3. The SMILES string of the molecule is O=C(O)C1(C2(c3cc(Br)cs3)COC2)CC1. The van der Waals surface area contributed by atoms with Crippen molar-refractivity contribution >= 4 is 33.2 Å². The zero-order valence-electron chi connectivity index (χ0n) is 8.53. The minimum atomic E-state index is -0.666. The molecule has 0 spiro atoms. The lowest BCUT2D eigenvalue weighted by atomic mass is 9.69. The standard InChI is InChI=1S/C11H11BrO3S/c12-7-3-8(16-4-7)11(5-15-6-11)10(1-2-10)9(13)14/h3-4H,1-2,5-6H2,(H,13,14). The minimum Gasteiger partial charge on any atom is -0.481 e. The topological polar surface area (TPSA) is 46.5 Å². The molecule has 16 heavy (non-hydrogen) atoms. The molecule has 1 aromatic heterocycles. The smallest absolute Gasteiger partial charge is 0.310 e. The Balaban J connectivity index is 2.04. The van der Waals surface area contributed by atoms with Crippen LogP contribution in [0.4, 0.5) is 0 Å². The molecule has 3 rings (SSSR count). The first-order valence-electron chi connectivity index (χ1n) is 5.16. The molecule has 1 aromatic rings. The van der Waals surface area contributed by atoms with Gasteiger partial charge in [0.25, 0.3) is 0 Å². The van der Waals surface area contributed by atoms with Crippen molar-refractivity contribution in [2.75, 3.05) is 13.2 Å². The molecule has 0 bridgehead atoms. The fourth-order valence-corrected chi connectivity index (χ4v) is 4.25. The Bertz CT molecular complexity index is 446. The van der Waals surface area contributed by atoms with Crippen LogP contribution in [0.15, 0.2) is 15.9 Å². The van der Waals surface area contributed by atoms with Gasteiger partial charge in [-0.2, -0.15) is 0 Å². The van der Waals surface area contributed by atoms with Crippen LogP contribution >= 0.6 is 27.3 Å². The van der Waals surface area contributed by atoms with Gasteiger partial charge in [-0.25, -0.2) is 0 Å². The maximum absolute atomic E-state index is 11.4. The molecule has 0 aromatic carbocycles. The maximum Gasteiger partial charge on any atom is 0.310 e. The Labute approximate surface area is 106 Å². The number of carbonyl (C=O) groups is 1. The lowest BCUT2D eigenvalue weighted by Crippen LogP contribution is -2.55. The van der Waals surface area contributed by atoms with Crippen molar-refractivity contribution in [3.63, 3.8) is 0 Å². The Morgan fingerprint density at radius 3 is 2.50 bits per heavy atom. The van der Waals surface area contributed by atoms with E-state index in [0.717, 1.165) is 22.2 Å². The van der Waals surface area contributed by atoms with Gasteiger partial charge in [-0.05, 0) is 34.8 Å². The second kappa shape index (κ2) is 3.31. The fourth-order valence-electron chi connectivity index (χ4n) is 2.55. The Kier molecular flexibility index (Phi) is 2.22. The molecule has 3 nitrogen and oxygen atoms in total. The number of carboxylic acids is 1. The Morgan fingerprint density at radius 2 is 2.19 bits per heavy atom. The van der Waals surface area contributed by atoms with E-state index in [1.54, 1.807) is 11.3 Å². The third-order valence-corrected chi connectivity index (χ3v) is 5.71. The molecule has 0 atom stereocenters. The first-order chi connectivity index (χ1) is 7.61. The van der Waals surface area contributed by atoms with Crippen LogP contribution in [0.25, 0.3) is 0 Å². The molecule has 1 saturated heterocycles. The number of aliphatic carboxylic acids is 1. The molecule has 5 heteroatoms. The highest BCUT2D eigenvalue weighted by Gasteiger charge is 2.68. The van der Waals surface area contributed by atoms with Gasteiger partial charge < -0.3 is 9.84 Å². The number of halogens is 1. The van der Waals surface area contributed by atoms with Crippen LogP contribution < -0.4 is 0 Å². The summed E-state index contributed by atoms with van der Waals surface area (Å²) in [5, 5.41) is 11.4. The van der Waals surface area contributed by atoms with E-state index < -0.39 is 11.4 Å². The summed E-state index contributed by atoms with van der Waals surface area (Å²) >= 11 is 5.05. The summed E-state index contributed by atoms with van der Waals surface area (Å²) in [4.78, 5) is 12.6. The zero-order chi connectivity index (χ0) is 11.4. The average molecular weight is 303 g/mol. The molecule has 1 N–H and O–H groups in total. The highest BCUT2D eigenvalue weighted by atomic mass is 79.9. The third-order valence-electron chi connectivity index (χ3n) is 3.81. The summed E-state index contributed by atoms with van der Waals surface area (Å²) in [6.45, 7) is 1.10. The van der Waals surface area contributed by atoms with Gasteiger partial charge >= 0.3 is 5.97 Å². The minimum absolute atomic E-state index is 0.268. The van der Waals surface area contributed by atoms with Crippen LogP contribution in [0.3, 0.4) is 0 Å². The van der Waals surface area contributed by atoms with E-state index in [2.05, 4.69) is 15.9 Å². The Hall–Kier alpha value is -0.390. The highest BCUT2D eigenvalue weighted by molar-refractivity contribution is 9.10. The predicted molar refractivity (Wildman–Crippen MR) is 63.8 cm³/mol. The van der Waals surface area contributed by atoms with Crippen LogP contribution in [0.5, 0.6) is 0 Å². The van der Waals surface area contributed by atoms with Crippen molar-refractivity contribution in [1.82, 2.24) is 0 Å². The summed E-state index contributed by atoms with van der Waals surface area (Å²) in [5.74, 6) is -0.666. The molecule has 86 valence electrons. The molecule has 1 saturated carbocycles. The highest BCUT2D eigenvalue weighted by Crippen LogP contribution is 2.63. The monoisotopic (exact) mass is 302 g/mol. The number of ether oxygens (including phenoxy) is 1. The quantitative estimate of drug-likeness (QED) is 0.934. The van der Waals surface area contributed by atoms with Gasteiger partial charge in [-0.15, -0.1) is 11.3 Å². The largest absolute Gasteiger partial charge is 0.481 e. The third kappa shape index (κ3) is 1.19. The van der Waals surface area contributed by atoms with Gasteiger partial charge in [0.15, 0.2) is 0 Å². The molecular weight excluding hydrogens is 292 g/mol. The van der Waals surface area contributed by atoms with Crippen LogP contribution in [0, 0.1) is 5.41 Å². The second-order valence-electron chi connectivity index (χ2n) is 4.59. The van der Waals surface area contributed by atoms with Crippen molar-refractivity contribution in [2.24, 2.45) is 5.41 Å². The van der Waals surface area contributed by atoms with E-state index in [1.165, 1.54) is 0 Å². The molecule has 2 fully saturated rings. The summed E-state index contributed by atoms with van der Waals surface area (Å²) in [7, 11) is 0. The van der Waals surface area contributed by atoms with Gasteiger partial charge in [0.2, 0.25) is 0 Å².